The zero-order chi connectivity index (χ0) is 14.6. The van der Waals surface area contributed by atoms with Crippen LogP contribution in [0, 0.1) is 0 Å². The lowest BCUT2D eigenvalue weighted by Gasteiger charge is -2.27. The van der Waals surface area contributed by atoms with Gasteiger partial charge in [-0.1, -0.05) is 25.7 Å². The van der Waals surface area contributed by atoms with Gasteiger partial charge < -0.3 is 5.32 Å². The van der Waals surface area contributed by atoms with Crippen molar-refractivity contribution in [1.82, 2.24) is 9.29 Å². The minimum atomic E-state index is -3.49. The summed E-state index contributed by atoms with van der Waals surface area (Å²) in [6, 6.07) is 3.38. The predicted octanol–water partition coefficient (Wildman–Crippen LogP) is 2.47. The van der Waals surface area contributed by atoms with Crippen LogP contribution in [0.1, 0.15) is 38.5 Å². The lowest BCUT2D eigenvalue weighted by Crippen LogP contribution is -2.37. The van der Waals surface area contributed by atoms with Crippen molar-refractivity contribution >= 4 is 15.8 Å². The monoisotopic (exact) mass is 297 g/mol. The molecule has 1 heterocycles. The van der Waals surface area contributed by atoms with E-state index in [-0.39, 0.29) is 10.9 Å². The predicted molar refractivity (Wildman–Crippen MR) is 80.2 cm³/mol. The fourth-order valence-electron chi connectivity index (χ4n) is 2.76. The molecule has 1 saturated carbocycles. The van der Waals surface area contributed by atoms with Crippen LogP contribution in [0.3, 0.4) is 0 Å². The molecule has 0 atom stereocenters. The largest absolute Gasteiger partial charge is 0.372 e. The first-order valence-electron chi connectivity index (χ1n) is 7.18. The number of aromatic nitrogens is 1. The molecular formula is C14H23N3O2S. The molecular weight excluding hydrogens is 274 g/mol. The maximum absolute atomic E-state index is 12.8. The Morgan fingerprint density at radius 3 is 2.50 bits per heavy atom. The number of anilines is 1. The van der Waals surface area contributed by atoms with Crippen LogP contribution in [0.25, 0.3) is 0 Å². The van der Waals surface area contributed by atoms with Gasteiger partial charge in [0.2, 0.25) is 10.0 Å². The maximum Gasteiger partial charge on any atom is 0.246 e. The summed E-state index contributed by atoms with van der Waals surface area (Å²) < 4.78 is 27.1. The number of rotatable bonds is 4. The fraction of sp³-hybridized carbons (Fsp3) is 0.643. The van der Waals surface area contributed by atoms with Crippen LogP contribution in [0.4, 0.5) is 5.82 Å². The summed E-state index contributed by atoms with van der Waals surface area (Å²) in [5, 5.41) is 2.85. The molecule has 0 aliphatic heterocycles. The van der Waals surface area contributed by atoms with Gasteiger partial charge in [0.15, 0.2) is 0 Å². The van der Waals surface area contributed by atoms with E-state index in [2.05, 4.69) is 10.3 Å². The molecule has 5 nitrogen and oxygen atoms in total. The molecule has 1 aromatic heterocycles. The van der Waals surface area contributed by atoms with Gasteiger partial charge in [0.05, 0.1) is 0 Å². The van der Waals surface area contributed by atoms with Crippen LogP contribution in [-0.4, -0.2) is 37.8 Å². The molecule has 0 saturated heterocycles. The van der Waals surface area contributed by atoms with Crippen LogP contribution in [0.15, 0.2) is 23.2 Å². The highest BCUT2D eigenvalue weighted by Gasteiger charge is 2.30. The lowest BCUT2D eigenvalue weighted by atomic mass is 10.1. The zero-order valence-corrected chi connectivity index (χ0v) is 13.0. The molecule has 1 N–H and O–H groups in total. The van der Waals surface area contributed by atoms with Crippen LogP contribution >= 0.6 is 0 Å². The van der Waals surface area contributed by atoms with Crippen LogP contribution < -0.4 is 5.32 Å². The van der Waals surface area contributed by atoms with E-state index < -0.39 is 10.0 Å². The summed E-state index contributed by atoms with van der Waals surface area (Å²) in [5.74, 6) is 0.410. The molecule has 1 aliphatic rings. The summed E-state index contributed by atoms with van der Waals surface area (Å²) in [6.45, 7) is 0. The highest BCUT2D eigenvalue weighted by atomic mass is 32.2. The Bertz CT molecular complexity index is 537. The van der Waals surface area contributed by atoms with Crippen molar-refractivity contribution in [3.05, 3.63) is 18.3 Å². The zero-order valence-electron chi connectivity index (χ0n) is 12.2. The quantitative estimate of drug-likeness (QED) is 0.867. The second kappa shape index (κ2) is 6.54. The average molecular weight is 297 g/mol. The van der Waals surface area contributed by atoms with Crippen molar-refractivity contribution in [2.45, 2.75) is 49.5 Å². The molecule has 1 aliphatic carbocycles. The van der Waals surface area contributed by atoms with Gasteiger partial charge in [0.1, 0.15) is 10.7 Å². The molecule has 2 rings (SSSR count). The first kappa shape index (κ1) is 15.3. The minimum Gasteiger partial charge on any atom is -0.372 e. The number of hydrogen-bond acceptors (Lipinski definition) is 4. The number of sulfonamides is 1. The molecule has 1 aromatic rings. The standard InChI is InChI=1S/C14H23N3O2S/c1-15-14-13(10-7-11-16-14)20(18,19)17(2)12-8-5-3-4-6-9-12/h7,10-12H,3-6,8-9H2,1-2H3,(H,15,16). The van der Waals surface area contributed by atoms with Crippen LogP contribution in [-0.2, 0) is 10.0 Å². The highest BCUT2D eigenvalue weighted by Crippen LogP contribution is 2.28. The Hall–Kier alpha value is -1.14. The van der Waals surface area contributed by atoms with Gasteiger partial charge in [0.25, 0.3) is 0 Å². The highest BCUT2D eigenvalue weighted by molar-refractivity contribution is 7.89. The molecule has 0 aromatic carbocycles. The summed E-state index contributed by atoms with van der Waals surface area (Å²) in [4.78, 5) is 4.35. The molecule has 6 heteroatoms. The summed E-state index contributed by atoms with van der Waals surface area (Å²) in [6.07, 6.45) is 8.12. The molecule has 0 unspecified atom stereocenters. The van der Waals surface area contributed by atoms with E-state index in [0.29, 0.717) is 5.82 Å². The molecule has 0 bridgehead atoms. The Morgan fingerprint density at radius 1 is 1.25 bits per heavy atom. The second-order valence-electron chi connectivity index (χ2n) is 5.27. The molecule has 112 valence electrons. The summed E-state index contributed by atoms with van der Waals surface area (Å²) in [5.41, 5.74) is 0. The van der Waals surface area contributed by atoms with Gasteiger partial charge in [-0.3, -0.25) is 0 Å². The van der Waals surface area contributed by atoms with Crippen LogP contribution in [0.2, 0.25) is 0 Å². The van der Waals surface area contributed by atoms with E-state index in [1.807, 2.05) is 0 Å². The van der Waals surface area contributed by atoms with Gasteiger partial charge in [-0.15, -0.1) is 0 Å². The first-order chi connectivity index (χ1) is 9.57. The smallest absolute Gasteiger partial charge is 0.246 e. The number of pyridine rings is 1. The summed E-state index contributed by atoms with van der Waals surface area (Å²) in [7, 11) is -0.110. The number of hydrogen-bond donors (Lipinski definition) is 1. The van der Waals surface area contributed by atoms with Gasteiger partial charge in [0, 0.05) is 26.3 Å². The topological polar surface area (TPSA) is 62.3 Å². The first-order valence-corrected chi connectivity index (χ1v) is 8.62. The third-order valence-corrected chi connectivity index (χ3v) is 5.95. The Labute approximate surface area is 121 Å². The van der Waals surface area contributed by atoms with Gasteiger partial charge in [-0.2, -0.15) is 4.31 Å². The average Bonchev–Trinajstić information content (AvgIpc) is 2.75. The van der Waals surface area contributed by atoms with Gasteiger partial charge in [-0.05, 0) is 25.0 Å². The third-order valence-electron chi connectivity index (χ3n) is 4.00. The van der Waals surface area contributed by atoms with E-state index in [1.165, 1.54) is 17.1 Å². The SMILES string of the molecule is CNc1ncccc1S(=O)(=O)N(C)C1CCCCCC1. The Kier molecular flexibility index (Phi) is 4.99. The fourth-order valence-corrected chi connectivity index (χ4v) is 4.32. The Balaban J connectivity index is 2.28. The van der Waals surface area contributed by atoms with E-state index in [9.17, 15) is 8.42 Å². The van der Waals surface area contributed by atoms with Crippen molar-refractivity contribution in [3.63, 3.8) is 0 Å². The van der Waals surface area contributed by atoms with Crippen molar-refractivity contribution < 1.29 is 8.42 Å². The van der Waals surface area contributed by atoms with Crippen molar-refractivity contribution in [3.8, 4) is 0 Å². The number of nitrogens with zero attached hydrogens (tertiary/aromatic N) is 2. The van der Waals surface area contributed by atoms with Crippen molar-refractivity contribution in [1.29, 1.82) is 0 Å². The molecule has 1 fully saturated rings. The van der Waals surface area contributed by atoms with Crippen molar-refractivity contribution in [2.24, 2.45) is 0 Å². The van der Waals surface area contributed by atoms with Crippen LogP contribution in [0.5, 0.6) is 0 Å². The van der Waals surface area contributed by atoms with E-state index >= 15 is 0 Å². The molecule has 0 amide bonds. The lowest BCUT2D eigenvalue weighted by molar-refractivity contribution is 0.336. The minimum absolute atomic E-state index is 0.104. The number of nitrogens with one attached hydrogen (secondary N) is 1. The molecule has 20 heavy (non-hydrogen) atoms. The van der Waals surface area contributed by atoms with Gasteiger partial charge >= 0.3 is 0 Å². The third kappa shape index (κ3) is 3.12. The van der Waals surface area contributed by atoms with Crippen molar-refractivity contribution in [2.75, 3.05) is 19.4 Å². The molecule has 0 radical (unpaired) electrons. The molecule has 0 spiro atoms. The van der Waals surface area contributed by atoms with E-state index in [0.717, 1.165) is 25.7 Å². The van der Waals surface area contributed by atoms with E-state index in [4.69, 9.17) is 0 Å². The maximum atomic E-state index is 12.8. The summed E-state index contributed by atoms with van der Waals surface area (Å²) >= 11 is 0. The van der Waals surface area contributed by atoms with Gasteiger partial charge in [-0.25, -0.2) is 13.4 Å². The Morgan fingerprint density at radius 2 is 1.90 bits per heavy atom. The normalized spacial score (nSPS) is 17.9. The van der Waals surface area contributed by atoms with E-state index in [1.54, 1.807) is 32.4 Å². The second-order valence-corrected chi connectivity index (χ2v) is 7.23.